The van der Waals surface area contributed by atoms with Gasteiger partial charge in [0.1, 0.15) is 6.10 Å². The van der Waals surface area contributed by atoms with Crippen molar-refractivity contribution in [2.24, 2.45) is 5.73 Å². The molecular formula is C13H19NO4. The molecule has 0 aliphatic heterocycles. The molecule has 0 saturated heterocycles. The summed E-state index contributed by atoms with van der Waals surface area (Å²) < 4.78 is 4.63. The third-order valence-electron chi connectivity index (χ3n) is 2.03. The summed E-state index contributed by atoms with van der Waals surface area (Å²) >= 11 is 0. The highest BCUT2D eigenvalue weighted by Crippen LogP contribution is 1.99. The topological polar surface area (TPSA) is 89.6 Å². The van der Waals surface area contributed by atoms with E-state index in [4.69, 9.17) is 10.8 Å². The van der Waals surface area contributed by atoms with Crippen molar-refractivity contribution in [3.05, 3.63) is 35.9 Å². The van der Waals surface area contributed by atoms with Gasteiger partial charge in [-0.15, -0.1) is 0 Å². The fraction of sp³-hybridized carbons (Fsp3) is 0.385. The smallest absolute Gasteiger partial charge is 0.404 e. The van der Waals surface area contributed by atoms with Crippen LogP contribution in [0, 0.1) is 0 Å². The Hall–Kier alpha value is -2.04. The van der Waals surface area contributed by atoms with E-state index < -0.39 is 12.1 Å². The molecule has 5 nitrogen and oxygen atoms in total. The van der Waals surface area contributed by atoms with Gasteiger partial charge in [0.15, 0.2) is 0 Å². The van der Waals surface area contributed by atoms with Crippen molar-refractivity contribution < 1.29 is 19.4 Å². The van der Waals surface area contributed by atoms with Crippen molar-refractivity contribution in [3.63, 3.8) is 0 Å². The van der Waals surface area contributed by atoms with Crippen molar-refractivity contribution in [1.82, 2.24) is 0 Å². The molecule has 100 valence electrons. The van der Waals surface area contributed by atoms with E-state index in [1.165, 1.54) is 0 Å². The van der Waals surface area contributed by atoms with Crippen LogP contribution in [0.15, 0.2) is 30.3 Å². The Kier molecular flexibility index (Phi) is 8.01. The number of nitrogens with two attached hydrogens (primary N) is 1. The summed E-state index contributed by atoms with van der Waals surface area (Å²) in [5.74, 6) is -0.879. The monoisotopic (exact) mass is 253 g/mol. The number of hydrogen-bond acceptors (Lipinski definition) is 3. The fourth-order valence-electron chi connectivity index (χ4n) is 1.24. The molecule has 0 spiro atoms. The van der Waals surface area contributed by atoms with E-state index in [9.17, 15) is 9.59 Å². The van der Waals surface area contributed by atoms with Gasteiger partial charge in [0.25, 0.3) is 0 Å². The Morgan fingerprint density at radius 3 is 2.22 bits per heavy atom. The first kappa shape index (κ1) is 16.0. The van der Waals surface area contributed by atoms with Crippen molar-refractivity contribution in [3.8, 4) is 0 Å². The molecule has 1 unspecified atom stereocenters. The van der Waals surface area contributed by atoms with Gasteiger partial charge in [-0.25, -0.2) is 9.59 Å². The van der Waals surface area contributed by atoms with Gasteiger partial charge < -0.3 is 15.6 Å². The van der Waals surface area contributed by atoms with Gasteiger partial charge in [-0.1, -0.05) is 31.5 Å². The molecule has 0 aliphatic carbocycles. The molecule has 0 fully saturated rings. The number of carbonyl (C=O) groups excluding carboxylic acids is 1. The maximum atomic E-state index is 10.2. The average Bonchev–Trinajstić information content (AvgIpc) is 2.30. The van der Waals surface area contributed by atoms with Crippen LogP contribution < -0.4 is 5.73 Å². The molecule has 3 N–H and O–H groups in total. The molecule has 1 aromatic carbocycles. The maximum absolute atomic E-state index is 10.2. The van der Waals surface area contributed by atoms with Gasteiger partial charge >= 0.3 is 12.1 Å². The summed E-state index contributed by atoms with van der Waals surface area (Å²) in [7, 11) is 0. The zero-order chi connectivity index (χ0) is 14.0. The second kappa shape index (κ2) is 9.04. The SMILES string of the molecule is CCCC(C)OC(N)=O.O=C(O)c1ccccc1. The fourth-order valence-corrected chi connectivity index (χ4v) is 1.24. The number of carboxylic acid groups (broad SMARTS) is 1. The number of hydrogen-bond donors (Lipinski definition) is 2. The van der Waals surface area contributed by atoms with Crippen molar-refractivity contribution in [2.75, 3.05) is 0 Å². The predicted molar refractivity (Wildman–Crippen MR) is 68.4 cm³/mol. The van der Waals surface area contributed by atoms with Crippen LogP contribution in [0.25, 0.3) is 0 Å². The molecular weight excluding hydrogens is 234 g/mol. The van der Waals surface area contributed by atoms with Gasteiger partial charge in [-0.05, 0) is 25.5 Å². The van der Waals surface area contributed by atoms with E-state index >= 15 is 0 Å². The zero-order valence-corrected chi connectivity index (χ0v) is 10.6. The summed E-state index contributed by atoms with van der Waals surface area (Å²) in [4.78, 5) is 20.3. The lowest BCUT2D eigenvalue weighted by Gasteiger charge is -2.08. The van der Waals surface area contributed by atoms with Gasteiger partial charge in [0, 0.05) is 0 Å². The largest absolute Gasteiger partial charge is 0.478 e. The standard InChI is InChI=1S/C7H6O2.C6H13NO2/c8-7(9)6-4-2-1-3-5-6;1-3-4-5(2)9-6(7)8/h1-5H,(H,8,9);5H,3-4H2,1-2H3,(H2,7,8). The van der Waals surface area contributed by atoms with Crippen LogP contribution in [0.3, 0.4) is 0 Å². The van der Waals surface area contributed by atoms with E-state index in [2.05, 4.69) is 4.74 Å². The minimum atomic E-state index is -0.879. The highest BCUT2D eigenvalue weighted by molar-refractivity contribution is 5.87. The molecule has 0 radical (unpaired) electrons. The molecule has 1 rings (SSSR count). The van der Waals surface area contributed by atoms with Crippen LogP contribution >= 0.6 is 0 Å². The predicted octanol–water partition coefficient (Wildman–Crippen LogP) is 2.66. The normalized spacial score (nSPS) is 10.8. The van der Waals surface area contributed by atoms with Gasteiger partial charge in [-0.3, -0.25) is 0 Å². The van der Waals surface area contributed by atoms with Crippen LogP contribution in [-0.2, 0) is 4.74 Å². The molecule has 18 heavy (non-hydrogen) atoms. The number of benzene rings is 1. The van der Waals surface area contributed by atoms with Crippen molar-refractivity contribution in [2.45, 2.75) is 32.8 Å². The van der Waals surface area contributed by atoms with E-state index in [0.717, 1.165) is 12.8 Å². The maximum Gasteiger partial charge on any atom is 0.404 e. The summed E-state index contributed by atoms with van der Waals surface area (Å²) in [5.41, 5.74) is 5.09. The summed E-state index contributed by atoms with van der Waals surface area (Å²) in [6.45, 7) is 3.86. The summed E-state index contributed by atoms with van der Waals surface area (Å²) in [6, 6.07) is 8.30. The third kappa shape index (κ3) is 8.15. The highest BCUT2D eigenvalue weighted by atomic mass is 16.6. The third-order valence-corrected chi connectivity index (χ3v) is 2.03. The Morgan fingerprint density at radius 2 is 1.89 bits per heavy atom. The molecule has 1 atom stereocenters. The van der Waals surface area contributed by atoms with Gasteiger partial charge in [-0.2, -0.15) is 0 Å². The average molecular weight is 253 g/mol. The summed E-state index contributed by atoms with van der Waals surface area (Å²) in [5, 5.41) is 8.38. The lowest BCUT2D eigenvalue weighted by Crippen LogP contribution is -2.19. The van der Waals surface area contributed by atoms with Crippen LogP contribution in [0.1, 0.15) is 37.0 Å². The number of aromatic carboxylic acids is 1. The first-order valence-electron chi connectivity index (χ1n) is 5.71. The first-order chi connectivity index (χ1) is 8.47. The first-order valence-corrected chi connectivity index (χ1v) is 5.71. The molecule has 0 bridgehead atoms. The number of ether oxygens (including phenoxy) is 1. The minimum absolute atomic E-state index is 0.0347. The van der Waals surface area contributed by atoms with E-state index in [1.54, 1.807) is 30.3 Å². The number of rotatable bonds is 4. The Morgan fingerprint density at radius 1 is 1.33 bits per heavy atom. The van der Waals surface area contributed by atoms with E-state index in [0.29, 0.717) is 5.56 Å². The molecule has 0 saturated carbocycles. The quantitative estimate of drug-likeness (QED) is 0.863. The molecule has 1 aromatic rings. The molecule has 0 heterocycles. The second-order valence-electron chi connectivity index (χ2n) is 3.71. The van der Waals surface area contributed by atoms with Crippen LogP contribution in [0.2, 0.25) is 0 Å². The number of carbonyl (C=O) groups is 2. The Balaban J connectivity index is 0.000000321. The highest BCUT2D eigenvalue weighted by Gasteiger charge is 2.02. The number of carboxylic acids is 1. The van der Waals surface area contributed by atoms with Crippen molar-refractivity contribution >= 4 is 12.1 Å². The van der Waals surface area contributed by atoms with Crippen LogP contribution in [0.4, 0.5) is 4.79 Å². The molecule has 0 aromatic heterocycles. The van der Waals surface area contributed by atoms with Gasteiger partial charge in [0.05, 0.1) is 5.56 Å². The number of amides is 1. The second-order valence-corrected chi connectivity index (χ2v) is 3.71. The molecule has 1 amide bonds. The van der Waals surface area contributed by atoms with E-state index in [1.807, 2.05) is 13.8 Å². The van der Waals surface area contributed by atoms with Crippen molar-refractivity contribution in [1.29, 1.82) is 0 Å². The molecule has 0 aliphatic rings. The van der Waals surface area contributed by atoms with Crippen LogP contribution in [-0.4, -0.2) is 23.3 Å². The lowest BCUT2D eigenvalue weighted by atomic mass is 10.2. The summed E-state index contributed by atoms with van der Waals surface area (Å²) in [6.07, 6.45) is 1.17. The van der Waals surface area contributed by atoms with Crippen LogP contribution in [0.5, 0.6) is 0 Å². The number of primary amides is 1. The van der Waals surface area contributed by atoms with Gasteiger partial charge in [0.2, 0.25) is 0 Å². The zero-order valence-electron chi connectivity index (χ0n) is 10.6. The molecule has 5 heteroatoms. The van der Waals surface area contributed by atoms with E-state index in [-0.39, 0.29) is 6.10 Å². The Bertz CT molecular complexity index is 365. The minimum Gasteiger partial charge on any atom is -0.478 e. The Labute approximate surface area is 107 Å². The lowest BCUT2D eigenvalue weighted by molar-refractivity contribution is 0.0696.